The first-order valence-corrected chi connectivity index (χ1v) is 7.43. The molecule has 0 bridgehead atoms. The van der Waals surface area contributed by atoms with Crippen molar-refractivity contribution in [3.8, 4) is 0 Å². The molecule has 2 heteroatoms. The van der Waals surface area contributed by atoms with Gasteiger partial charge in [-0.3, -0.25) is 4.79 Å². The van der Waals surface area contributed by atoms with Crippen LogP contribution in [-0.4, -0.2) is 10.9 Å². The van der Waals surface area contributed by atoms with Crippen LogP contribution in [0.4, 0.5) is 0 Å². The molecule has 1 N–H and O–H groups in total. The number of Topliss-reactive ketones (excluding diaryl/α,β-unsaturated/α-hetero) is 1. The number of carbonyl (C=O) groups excluding carboxylic acids is 1. The molecule has 0 aromatic heterocycles. The highest BCUT2D eigenvalue weighted by Gasteiger charge is 2.24. The molecule has 0 heterocycles. The maximum atomic E-state index is 12.5. The van der Waals surface area contributed by atoms with E-state index in [0.717, 1.165) is 16.3 Å². The van der Waals surface area contributed by atoms with Gasteiger partial charge in [0.25, 0.3) is 0 Å². The second-order valence-corrected chi connectivity index (χ2v) is 5.57. The van der Waals surface area contributed by atoms with Crippen molar-refractivity contribution < 1.29 is 9.90 Å². The molecule has 0 spiro atoms. The average molecular weight is 290 g/mol. The van der Waals surface area contributed by atoms with E-state index in [9.17, 15) is 9.90 Å². The predicted octanol–water partition coefficient (Wildman–Crippen LogP) is 4.39. The Morgan fingerprint density at radius 2 is 1.50 bits per heavy atom. The van der Waals surface area contributed by atoms with Crippen LogP contribution in [0.3, 0.4) is 0 Å². The molecule has 0 aliphatic heterocycles. The van der Waals surface area contributed by atoms with Crippen molar-refractivity contribution in [1.29, 1.82) is 0 Å². The van der Waals surface area contributed by atoms with Crippen LogP contribution < -0.4 is 0 Å². The van der Waals surface area contributed by atoms with E-state index in [1.165, 1.54) is 0 Å². The highest BCUT2D eigenvalue weighted by atomic mass is 16.3. The van der Waals surface area contributed by atoms with Gasteiger partial charge >= 0.3 is 0 Å². The van der Waals surface area contributed by atoms with Crippen molar-refractivity contribution >= 4 is 16.6 Å². The zero-order chi connectivity index (χ0) is 15.5. The van der Waals surface area contributed by atoms with Crippen molar-refractivity contribution in [1.82, 2.24) is 0 Å². The van der Waals surface area contributed by atoms with Crippen LogP contribution in [0.15, 0.2) is 72.8 Å². The summed E-state index contributed by atoms with van der Waals surface area (Å²) in [6.45, 7) is 1.77. The van der Waals surface area contributed by atoms with Gasteiger partial charge in [-0.15, -0.1) is 0 Å². The minimum atomic E-state index is -0.808. The molecular weight excluding hydrogens is 272 g/mol. The van der Waals surface area contributed by atoms with Crippen molar-refractivity contribution in [3.05, 3.63) is 83.9 Å². The number of hydrogen-bond acceptors (Lipinski definition) is 2. The molecule has 2 atom stereocenters. The van der Waals surface area contributed by atoms with Crippen LogP contribution in [0.1, 0.15) is 28.9 Å². The molecule has 0 saturated heterocycles. The van der Waals surface area contributed by atoms with E-state index in [-0.39, 0.29) is 5.78 Å². The number of hydrogen-bond donors (Lipinski definition) is 1. The monoisotopic (exact) mass is 290 g/mol. The Labute approximate surface area is 130 Å². The number of rotatable bonds is 4. The zero-order valence-corrected chi connectivity index (χ0v) is 12.4. The predicted molar refractivity (Wildman–Crippen MR) is 88.8 cm³/mol. The molecule has 0 amide bonds. The molecule has 3 aromatic carbocycles. The number of ketones is 1. The first kappa shape index (κ1) is 14.5. The fourth-order valence-corrected chi connectivity index (χ4v) is 2.69. The van der Waals surface area contributed by atoms with Crippen molar-refractivity contribution in [2.75, 3.05) is 0 Å². The van der Waals surface area contributed by atoms with Gasteiger partial charge in [-0.2, -0.15) is 0 Å². The Morgan fingerprint density at radius 1 is 0.864 bits per heavy atom. The third-order valence-electron chi connectivity index (χ3n) is 4.06. The molecule has 0 fully saturated rings. The lowest BCUT2D eigenvalue weighted by Crippen LogP contribution is -2.19. The average Bonchev–Trinajstić information content (AvgIpc) is 2.60. The molecule has 0 unspecified atom stereocenters. The molecule has 0 radical (unpaired) electrons. The van der Waals surface area contributed by atoms with E-state index in [1.807, 2.05) is 60.7 Å². The smallest absolute Gasteiger partial charge is 0.168 e. The van der Waals surface area contributed by atoms with Gasteiger partial charge in [0.2, 0.25) is 0 Å². The number of benzene rings is 3. The van der Waals surface area contributed by atoms with Crippen molar-refractivity contribution in [2.45, 2.75) is 13.0 Å². The minimum Gasteiger partial charge on any atom is -0.388 e. The topological polar surface area (TPSA) is 37.3 Å². The molecule has 3 rings (SSSR count). The highest BCUT2D eigenvalue weighted by Crippen LogP contribution is 2.27. The number of fused-ring (bicyclic) bond motifs is 1. The molecule has 2 nitrogen and oxygen atoms in total. The Bertz CT molecular complexity index is 793. The normalized spacial score (nSPS) is 13.7. The molecule has 0 saturated carbocycles. The van der Waals surface area contributed by atoms with Crippen LogP contribution in [0.25, 0.3) is 10.8 Å². The Kier molecular flexibility index (Phi) is 4.03. The second kappa shape index (κ2) is 6.12. The third kappa shape index (κ3) is 2.78. The standard InChI is InChI=1S/C20H18O2/c1-14(19(21)16-8-3-2-4-9-16)20(22)18-12-11-15-7-5-6-10-17(15)13-18/h2-14,20,22H,1H3/t14-,20+/m1/s1. The SMILES string of the molecule is C[C@H](C(=O)c1ccccc1)[C@H](O)c1ccc2ccccc2c1. The van der Waals surface area contributed by atoms with Crippen molar-refractivity contribution in [2.24, 2.45) is 5.92 Å². The highest BCUT2D eigenvalue weighted by molar-refractivity contribution is 5.98. The molecule has 0 aliphatic carbocycles. The first-order valence-electron chi connectivity index (χ1n) is 7.43. The van der Waals surface area contributed by atoms with Gasteiger partial charge in [-0.25, -0.2) is 0 Å². The summed E-state index contributed by atoms with van der Waals surface area (Å²) in [5.41, 5.74) is 1.41. The van der Waals surface area contributed by atoms with Gasteiger partial charge in [0.05, 0.1) is 6.10 Å². The van der Waals surface area contributed by atoms with Gasteiger partial charge in [0, 0.05) is 11.5 Å². The van der Waals surface area contributed by atoms with Crippen LogP contribution in [0.5, 0.6) is 0 Å². The summed E-state index contributed by atoms with van der Waals surface area (Å²) in [4.78, 5) is 12.5. The molecule has 3 aromatic rings. The Morgan fingerprint density at radius 3 is 2.23 bits per heavy atom. The van der Waals surface area contributed by atoms with Crippen LogP contribution >= 0.6 is 0 Å². The van der Waals surface area contributed by atoms with E-state index >= 15 is 0 Å². The van der Waals surface area contributed by atoms with Gasteiger partial charge < -0.3 is 5.11 Å². The summed E-state index contributed by atoms with van der Waals surface area (Å²) >= 11 is 0. The largest absolute Gasteiger partial charge is 0.388 e. The van der Waals surface area contributed by atoms with Crippen LogP contribution in [-0.2, 0) is 0 Å². The van der Waals surface area contributed by atoms with E-state index < -0.39 is 12.0 Å². The van der Waals surface area contributed by atoms with E-state index in [2.05, 4.69) is 0 Å². The fraction of sp³-hybridized carbons (Fsp3) is 0.150. The summed E-state index contributed by atoms with van der Waals surface area (Å²) in [7, 11) is 0. The van der Waals surface area contributed by atoms with Crippen molar-refractivity contribution in [3.63, 3.8) is 0 Å². The molecule has 0 aliphatic rings. The van der Waals surface area contributed by atoms with Gasteiger partial charge in [-0.05, 0) is 22.4 Å². The summed E-state index contributed by atoms with van der Waals surface area (Å²) in [6.07, 6.45) is -0.808. The lowest BCUT2D eigenvalue weighted by Gasteiger charge is -2.18. The molecule has 110 valence electrons. The summed E-state index contributed by atoms with van der Waals surface area (Å²) in [5.74, 6) is -0.523. The first-order chi connectivity index (χ1) is 10.7. The van der Waals surface area contributed by atoms with Gasteiger partial charge in [0.15, 0.2) is 5.78 Å². The number of aliphatic hydroxyl groups is 1. The van der Waals surface area contributed by atoms with E-state index in [1.54, 1.807) is 19.1 Å². The zero-order valence-electron chi connectivity index (χ0n) is 12.4. The third-order valence-corrected chi connectivity index (χ3v) is 4.06. The quantitative estimate of drug-likeness (QED) is 0.723. The maximum Gasteiger partial charge on any atom is 0.168 e. The number of carbonyl (C=O) groups is 1. The molecular formula is C20H18O2. The van der Waals surface area contributed by atoms with E-state index in [0.29, 0.717) is 5.56 Å². The van der Waals surface area contributed by atoms with Gasteiger partial charge in [-0.1, -0.05) is 73.7 Å². The lowest BCUT2D eigenvalue weighted by molar-refractivity contribution is 0.0714. The Hall–Kier alpha value is -2.45. The van der Waals surface area contributed by atoms with Crippen LogP contribution in [0, 0.1) is 5.92 Å². The molecule has 22 heavy (non-hydrogen) atoms. The maximum absolute atomic E-state index is 12.5. The summed E-state index contributed by atoms with van der Waals surface area (Å²) < 4.78 is 0. The minimum absolute atomic E-state index is 0.0405. The Balaban J connectivity index is 1.88. The summed E-state index contributed by atoms with van der Waals surface area (Å²) in [6, 6.07) is 22.9. The number of aliphatic hydroxyl groups excluding tert-OH is 1. The second-order valence-electron chi connectivity index (χ2n) is 5.57. The summed E-state index contributed by atoms with van der Waals surface area (Å²) in [5, 5.41) is 12.8. The van der Waals surface area contributed by atoms with Crippen LogP contribution in [0.2, 0.25) is 0 Å². The fourth-order valence-electron chi connectivity index (χ4n) is 2.69. The lowest BCUT2D eigenvalue weighted by atomic mass is 9.89. The van der Waals surface area contributed by atoms with E-state index in [4.69, 9.17) is 0 Å². The van der Waals surface area contributed by atoms with Gasteiger partial charge in [0.1, 0.15) is 0 Å².